The number of anilines is 2. The van der Waals surface area contributed by atoms with Gasteiger partial charge in [-0.15, -0.1) is 0 Å². The molecule has 0 unspecified atom stereocenters. The molecule has 1 fully saturated rings. The first-order valence-corrected chi connectivity index (χ1v) is 16.2. The molecule has 242 valence electrons. The average Bonchev–Trinajstić information content (AvgIpc) is 3.41. The number of benzene rings is 2. The molecule has 0 radical (unpaired) electrons. The van der Waals surface area contributed by atoms with E-state index in [0.717, 1.165) is 56.0 Å². The van der Waals surface area contributed by atoms with Crippen LogP contribution in [0.3, 0.4) is 0 Å². The Kier molecular flexibility index (Phi) is 9.56. The van der Waals surface area contributed by atoms with Crippen LogP contribution >= 0.6 is 0 Å². The van der Waals surface area contributed by atoms with E-state index in [1.54, 1.807) is 18.0 Å². The van der Waals surface area contributed by atoms with Crippen molar-refractivity contribution in [2.75, 3.05) is 37.8 Å². The molecule has 0 spiro atoms. The average molecular weight is 647 g/mol. The van der Waals surface area contributed by atoms with Crippen LogP contribution < -0.4 is 20.5 Å². The van der Waals surface area contributed by atoms with Crippen molar-refractivity contribution in [1.29, 1.82) is 0 Å². The van der Waals surface area contributed by atoms with Gasteiger partial charge in [-0.25, -0.2) is 26.6 Å². The minimum absolute atomic E-state index is 0.0729. The Morgan fingerprint density at radius 1 is 1.04 bits per heavy atom. The molecule has 2 aromatic heterocycles. The largest absolute Gasteiger partial charge is 0.497 e. The lowest BCUT2D eigenvalue weighted by Gasteiger charge is -2.30. The molecule has 1 aliphatic carbocycles. The molecule has 10 nitrogen and oxygen atoms in total. The fraction of sp³-hybridized carbons (Fsp3) is 0.419. The molecular weight excluding hydrogens is 609 g/mol. The summed E-state index contributed by atoms with van der Waals surface area (Å²) in [7, 11) is -1.68. The Morgan fingerprint density at radius 3 is 2.44 bits per heavy atom. The van der Waals surface area contributed by atoms with Crippen molar-refractivity contribution in [3.8, 4) is 17.0 Å². The number of sulfonamides is 1. The van der Waals surface area contributed by atoms with Crippen LogP contribution in [0.25, 0.3) is 22.2 Å². The van der Waals surface area contributed by atoms with Crippen LogP contribution in [0, 0.1) is 17.5 Å². The number of fused-ring (bicyclic) bond motifs is 1. The highest BCUT2D eigenvalue weighted by Crippen LogP contribution is 2.42. The maximum Gasteiger partial charge on any atom is 0.265 e. The summed E-state index contributed by atoms with van der Waals surface area (Å²) in [5, 5.41) is 8.60. The van der Waals surface area contributed by atoms with Gasteiger partial charge < -0.3 is 20.5 Å². The number of nitrogens with two attached hydrogens (primary N) is 1. The lowest BCUT2D eigenvalue weighted by atomic mass is 9.81. The van der Waals surface area contributed by atoms with Gasteiger partial charge >= 0.3 is 0 Å². The van der Waals surface area contributed by atoms with Crippen molar-refractivity contribution in [3.63, 3.8) is 0 Å². The Balaban J connectivity index is 1.52. The predicted octanol–water partition coefficient (Wildman–Crippen LogP) is 5.75. The summed E-state index contributed by atoms with van der Waals surface area (Å²) in [6, 6.07) is 4.88. The number of hydrogen-bond donors (Lipinski definition) is 3. The summed E-state index contributed by atoms with van der Waals surface area (Å²) in [6.45, 7) is 5.28. The molecule has 4 N–H and O–H groups in total. The van der Waals surface area contributed by atoms with Gasteiger partial charge in [0.15, 0.2) is 0 Å². The lowest BCUT2D eigenvalue weighted by Crippen LogP contribution is -2.34. The zero-order chi connectivity index (χ0) is 32.5. The highest BCUT2D eigenvalue weighted by atomic mass is 32.2. The summed E-state index contributed by atoms with van der Waals surface area (Å²) < 4.78 is 85.3. The van der Waals surface area contributed by atoms with E-state index in [4.69, 9.17) is 15.2 Å². The van der Waals surface area contributed by atoms with Crippen molar-refractivity contribution in [3.05, 3.63) is 59.5 Å². The highest BCUT2D eigenvalue weighted by molar-refractivity contribution is 7.92. The predicted molar refractivity (Wildman–Crippen MR) is 166 cm³/mol. The number of halogens is 3. The molecule has 14 heteroatoms. The monoisotopic (exact) mass is 646 g/mol. The van der Waals surface area contributed by atoms with E-state index in [-0.39, 0.29) is 34.8 Å². The van der Waals surface area contributed by atoms with Crippen LogP contribution in [0.5, 0.6) is 5.75 Å². The van der Waals surface area contributed by atoms with Gasteiger partial charge in [0.2, 0.25) is 0 Å². The van der Waals surface area contributed by atoms with Gasteiger partial charge in [0.1, 0.15) is 39.6 Å². The van der Waals surface area contributed by atoms with E-state index >= 15 is 8.78 Å². The SMILES string of the molecule is COCCNC1CCC(c2cnc(N)c3c(-c4cc(F)c(NS(=O)(=O)c5cc(OC)ccc5F)cc4F)nn(C(C)C)c23)CC1. The van der Waals surface area contributed by atoms with Crippen LogP contribution in [-0.2, 0) is 14.8 Å². The summed E-state index contributed by atoms with van der Waals surface area (Å²) in [6.07, 6.45) is 5.46. The van der Waals surface area contributed by atoms with Crippen molar-refractivity contribution in [2.45, 2.75) is 62.4 Å². The van der Waals surface area contributed by atoms with Crippen LogP contribution in [-0.4, -0.2) is 56.6 Å². The number of ether oxygens (including phenoxy) is 2. The minimum Gasteiger partial charge on any atom is -0.497 e. The second-order valence-electron chi connectivity index (χ2n) is 11.4. The van der Waals surface area contributed by atoms with E-state index < -0.39 is 38.1 Å². The van der Waals surface area contributed by atoms with Crippen molar-refractivity contribution in [1.82, 2.24) is 20.1 Å². The van der Waals surface area contributed by atoms with Crippen LogP contribution in [0.15, 0.2) is 41.4 Å². The molecule has 0 atom stereocenters. The molecular formula is C31H37F3N6O4S. The third kappa shape index (κ3) is 6.58. The molecule has 0 amide bonds. The maximum atomic E-state index is 15.8. The zero-order valence-electron chi connectivity index (χ0n) is 25.5. The van der Waals surface area contributed by atoms with Gasteiger partial charge in [-0.3, -0.25) is 9.40 Å². The third-order valence-corrected chi connectivity index (χ3v) is 9.54. The first kappa shape index (κ1) is 32.5. The summed E-state index contributed by atoms with van der Waals surface area (Å²) >= 11 is 0. The molecule has 4 aromatic rings. The highest BCUT2D eigenvalue weighted by Gasteiger charge is 2.30. The fourth-order valence-corrected chi connectivity index (χ4v) is 7.03. The van der Waals surface area contributed by atoms with Gasteiger partial charge in [-0.1, -0.05) is 0 Å². The Bertz CT molecular complexity index is 1810. The number of aromatic nitrogens is 3. The summed E-state index contributed by atoms with van der Waals surface area (Å²) in [5.41, 5.74) is 7.18. The Morgan fingerprint density at radius 2 is 1.78 bits per heavy atom. The first-order chi connectivity index (χ1) is 21.4. The van der Waals surface area contributed by atoms with Crippen LogP contribution in [0.2, 0.25) is 0 Å². The lowest BCUT2D eigenvalue weighted by molar-refractivity contribution is 0.191. The van der Waals surface area contributed by atoms with Gasteiger partial charge in [0, 0.05) is 49.6 Å². The molecule has 2 aromatic carbocycles. The van der Waals surface area contributed by atoms with Crippen molar-refractivity contribution >= 4 is 32.4 Å². The van der Waals surface area contributed by atoms with Gasteiger partial charge in [-0.05, 0) is 69.2 Å². The maximum absolute atomic E-state index is 15.8. The molecule has 45 heavy (non-hydrogen) atoms. The minimum atomic E-state index is -4.64. The van der Waals surface area contributed by atoms with E-state index in [1.807, 2.05) is 18.6 Å². The molecule has 0 bridgehead atoms. The van der Waals surface area contributed by atoms with Gasteiger partial charge in [0.25, 0.3) is 10.0 Å². The van der Waals surface area contributed by atoms with Crippen LogP contribution in [0.1, 0.15) is 57.1 Å². The Hall–Kier alpha value is -3.88. The van der Waals surface area contributed by atoms with Crippen LogP contribution in [0.4, 0.5) is 24.7 Å². The van der Waals surface area contributed by atoms with E-state index in [9.17, 15) is 12.8 Å². The summed E-state index contributed by atoms with van der Waals surface area (Å²) in [4.78, 5) is 3.65. The molecule has 0 saturated heterocycles. The third-order valence-electron chi connectivity index (χ3n) is 8.16. The number of pyridine rings is 1. The second-order valence-corrected chi connectivity index (χ2v) is 13.1. The van der Waals surface area contributed by atoms with Crippen molar-refractivity contribution in [2.24, 2.45) is 0 Å². The summed E-state index contributed by atoms with van der Waals surface area (Å²) in [5.74, 6) is -2.78. The normalized spacial score (nSPS) is 17.2. The number of hydrogen-bond acceptors (Lipinski definition) is 8. The number of nitrogen functional groups attached to an aromatic ring is 1. The number of nitrogens with one attached hydrogen (secondary N) is 2. The number of nitrogens with zero attached hydrogens (tertiary/aromatic N) is 3. The molecule has 2 heterocycles. The van der Waals surface area contributed by atoms with Crippen molar-refractivity contribution < 1.29 is 31.1 Å². The fourth-order valence-electron chi connectivity index (χ4n) is 5.88. The zero-order valence-corrected chi connectivity index (χ0v) is 26.3. The van der Waals surface area contributed by atoms with Gasteiger partial charge in [0.05, 0.1) is 30.3 Å². The molecule has 1 saturated carbocycles. The quantitative estimate of drug-likeness (QED) is 0.176. The standard InChI is InChI=1S/C31H37F3N6O4S/c1-17(2)40-30-22(18-5-7-19(8-6-18)36-11-12-43-3)16-37-31(35)28(30)29(38-40)21-14-25(34)26(15-24(21)33)39-45(41,42)27-13-20(44-4)9-10-23(27)32/h9-10,13-19,36,39H,5-8,11-12H2,1-4H3,(H2,35,37). The number of rotatable bonds is 11. The van der Waals surface area contributed by atoms with E-state index in [0.29, 0.717) is 29.6 Å². The Labute approximate surface area is 260 Å². The van der Waals surface area contributed by atoms with Gasteiger partial charge in [-0.2, -0.15) is 5.10 Å². The first-order valence-electron chi connectivity index (χ1n) is 14.7. The van der Waals surface area contributed by atoms with E-state index in [2.05, 4.69) is 15.4 Å². The molecule has 5 rings (SSSR count). The van der Waals surface area contributed by atoms with E-state index in [1.165, 1.54) is 13.2 Å². The second kappa shape index (κ2) is 13.2. The molecule has 0 aliphatic heterocycles. The smallest absolute Gasteiger partial charge is 0.265 e. The number of methoxy groups -OCH3 is 2. The molecule has 1 aliphatic rings. The topological polar surface area (TPSA) is 133 Å².